The number of aliphatic imine (C=N–C) groups is 1. The molecule has 1 heterocycles. The molecule has 6 N–H and O–H groups in total. The molecule has 0 aliphatic carbocycles. The Balaban J connectivity index is 0.000000300. The molecule has 1 aromatic heterocycles. The first-order valence-corrected chi connectivity index (χ1v) is 11.9. The third-order valence-electron chi connectivity index (χ3n) is 4.11. The third kappa shape index (κ3) is 11.1. The van der Waals surface area contributed by atoms with Crippen LogP contribution in [0.15, 0.2) is 47.6 Å². The predicted octanol–water partition coefficient (Wildman–Crippen LogP) is 4.72. The Bertz CT molecular complexity index is 1270. The fourth-order valence-corrected chi connectivity index (χ4v) is 2.89. The van der Waals surface area contributed by atoms with E-state index < -0.39 is 22.0 Å². The van der Waals surface area contributed by atoms with Crippen LogP contribution in [0.2, 0.25) is 10.0 Å². The van der Waals surface area contributed by atoms with Crippen LogP contribution in [0.1, 0.15) is 19.4 Å². The van der Waals surface area contributed by atoms with E-state index in [1.54, 1.807) is 24.3 Å². The van der Waals surface area contributed by atoms with Crippen molar-refractivity contribution in [3.63, 3.8) is 0 Å². The van der Waals surface area contributed by atoms with Gasteiger partial charge in [0.1, 0.15) is 29.4 Å². The number of halogens is 4. The van der Waals surface area contributed by atoms with Crippen molar-refractivity contribution in [2.75, 3.05) is 12.3 Å². The number of anilines is 1. The average molecular weight is 553 g/mol. The fraction of sp³-hybridized carbons (Fsp3) is 0.238. The highest BCUT2D eigenvalue weighted by Gasteiger charge is 2.08. The summed E-state index contributed by atoms with van der Waals surface area (Å²) in [4.78, 5) is 7.97. The zero-order chi connectivity index (χ0) is 26.8. The van der Waals surface area contributed by atoms with Gasteiger partial charge >= 0.3 is 10.4 Å². The summed E-state index contributed by atoms with van der Waals surface area (Å²) in [6, 6.07) is 9.20. The van der Waals surface area contributed by atoms with E-state index in [0.29, 0.717) is 29.2 Å². The summed E-state index contributed by atoms with van der Waals surface area (Å²) in [7, 11) is -4.67. The van der Waals surface area contributed by atoms with Gasteiger partial charge in [0.2, 0.25) is 0 Å². The first-order valence-electron chi connectivity index (χ1n) is 9.78. The number of hydrogen-bond donors (Lipinski definition) is 4. The van der Waals surface area contributed by atoms with Crippen molar-refractivity contribution in [2.45, 2.75) is 26.5 Å². The highest BCUT2D eigenvalue weighted by Crippen LogP contribution is 2.26. The number of nitrogen functional groups attached to an aromatic ring is 1. The Kier molecular flexibility index (Phi) is 12.2. The van der Waals surface area contributed by atoms with Crippen LogP contribution in [-0.4, -0.2) is 41.1 Å². The van der Waals surface area contributed by atoms with E-state index in [0.717, 1.165) is 5.39 Å². The first kappa shape index (κ1) is 30.4. The molecule has 0 aliphatic rings. The van der Waals surface area contributed by atoms with E-state index in [9.17, 15) is 8.78 Å². The molecule has 0 saturated heterocycles. The number of ether oxygens (including phenoxy) is 1. The van der Waals surface area contributed by atoms with Gasteiger partial charge in [0.15, 0.2) is 0 Å². The van der Waals surface area contributed by atoms with Crippen molar-refractivity contribution in [3.8, 4) is 0 Å². The predicted molar refractivity (Wildman–Crippen MR) is 133 cm³/mol. The van der Waals surface area contributed by atoms with Gasteiger partial charge in [-0.25, -0.2) is 13.8 Å². The van der Waals surface area contributed by atoms with Crippen molar-refractivity contribution < 1.29 is 31.0 Å². The molecule has 0 bridgehead atoms. The van der Waals surface area contributed by atoms with Gasteiger partial charge in [-0.1, -0.05) is 41.4 Å². The SMILES string of the molecule is CCOC(C)C(N)=NCc1cccc(F)c1Cl.Nc1cc2ccc(F)c(Cl)c2cn1.O=S(=O)(O)O. The molecule has 1 atom stereocenters. The highest BCUT2D eigenvalue weighted by atomic mass is 35.5. The number of fused-ring (bicyclic) bond motifs is 1. The van der Waals surface area contributed by atoms with Crippen LogP contribution in [0.3, 0.4) is 0 Å². The lowest BCUT2D eigenvalue weighted by Crippen LogP contribution is -2.29. The maximum Gasteiger partial charge on any atom is 0.394 e. The summed E-state index contributed by atoms with van der Waals surface area (Å²) in [5.74, 6) is -0.112. The Morgan fingerprint density at radius 2 is 1.77 bits per heavy atom. The second-order valence-electron chi connectivity index (χ2n) is 6.69. The minimum atomic E-state index is -4.67. The van der Waals surface area contributed by atoms with Crippen molar-refractivity contribution in [2.24, 2.45) is 10.7 Å². The first-order chi connectivity index (χ1) is 16.2. The molecule has 0 radical (unpaired) electrons. The number of benzene rings is 2. The molecule has 3 rings (SSSR count). The van der Waals surface area contributed by atoms with Crippen LogP contribution in [0, 0.1) is 11.6 Å². The summed E-state index contributed by atoms with van der Waals surface area (Å²) in [6.45, 7) is 4.51. The minimum Gasteiger partial charge on any atom is -0.385 e. The van der Waals surface area contributed by atoms with Gasteiger partial charge < -0.3 is 16.2 Å². The number of pyridine rings is 1. The monoisotopic (exact) mass is 552 g/mol. The van der Waals surface area contributed by atoms with Crippen molar-refractivity contribution in [3.05, 3.63) is 69.8 Å². The summed E-state index contributed by atoms with van der Waals surface area (Å²) in [5.41, 5.74) is 11.8. The van der Waals surface area contributed by atoms with Crippen LogP contribution >= 0.6 is 23.2 Å². The van der Waals surface area contributed by atoms with Gasteiger partial charge in [-0.3, -0.25) is 14.1 Å². The number of nitrogens with two attached hydrogens (primary N) is 2. The molecular formula is C21H24Cl2F2N4O5S. The zero-order valence-corrected chi connectivity index (χ0v) is 20.9. The molecule has 2 aromatic carbocycles. The minimum absolute atomic E-state index is 0.0880. The van der Waals surface area contributed by atoms with Gasteiger partial charge in [0, 0.05) is 18.2 Å². The number of hydrogen-bond acceptors (Lipinski definition) is 6. The Morgan fingerprint density at radius 1 is 1.17 bits per heavy atom. The Labute approximate surface area is 211 Å². The largest absolute Gasteiger partial charge is 0.394 e. The lowest BCUT2D eigenvalue weighted by Gasteiger charge is -2.11. The molecule has 9 nitrogen and oxygen atoms in total. The lowest BCUT2D eigenvalue weighted by molar-refractivity contribution is 0.121. The maximum atomic E-state index is 13.1. The second-order valence-corrected chi connectivity index (χ2v) is 8.34. The normalized spacial score (nSPS) is 12.3. The summed E-state index contributed by atoms with van der Waals surface area (Å²) >= 11 is 11.5. The van der Waals surface area contributed by atoms with Gasteiger partial charge in [-0.05, 0) is 43.0 Å². The molecule has 192 valence electrons. The van der Waals surface area contributed by atoms with Gasteiger partial charge in [0.05, 0.1) is 16.6 Å². The molecule has 0 fully saturated rings. The van der Waals surface area contributed by atoms with E-state index in [-0.39, 0.29) is 22.7 Å². The molecule has 14 heteroatoms. The lowest BCUT2D eigenvalue weighted by atomic mass is 10.2. The standard InChI is InChI=1S/C12H16ClFN2O.C9H6ClFN2.H2O4S/c1-3-17-8(2)12(15)16-7-9-5-4-6-10(14)11(9)13;10-9-6-4-13-8(12)3-5(6)1-2-7(9)11;1-5(2,3)4/h4-6,8H,3,7H2,1-2H3,(H2,15,16);1-4H,(H2,12,13);(H2,1,2,3,4). The molecule has 0 saturated carbocycles. The van der Waals surface area contributed by atoms with Crippen LogP contribution in [0.4, 0.5) is 14.6 Å². The van der Waals surface area contributed by atoms with Crippen molar-refractivity contribution >= 4 is 56.0 Å². The van der Waals surface area contributed by atoms with Gasteiger partial charge in [0.25, 0.3) is 0 Å². The number of aromatic nitrogens is 1. The second kappa shape index (κ2) is 14.1. The van der Waals surface area contributed by atoms with E-state index in [1.165, 1.54) is 18.3 Å². The molecular weight excluding hydrogens is 529 g/mol. The van der Waals surface area contributed by atoms with E-state index in [4.69, 9.17) is 56.9 Å². The zero-order valence-electron chi connectivity index (χ0n) is 18.6. The molecule has 0 spiro atoms. The van der Waals surface area contributed by atoms with Gasteiger partial charge in [-0.2, -0.15) is 8.42 Å². The summed E-state index contributed by atoms with van der Waals surface area (Å²) < 4.78 is 63.0. The number of amidine groups is 1. The average Bonchev–Trinajstić information content (AvgIpc) is 2.76. The number of nitrogens with zero attached hydrogens (tertiary/aromatic N) is 2. The van der Waals surface area contributed by atoms with Crippen LogP contribution < -0.4 is 11.5 Å². The van der Waals surface area contributed by atoms with E-state index in [2.05, 4.69) is 9.98 Å². The Morgan fingerprint density at radius 3 is 2.37 bits per heavy atom. The van der Waals surface area contributed by atoms with Crippen molar-refractivity contribution in [1.82, 2.24) is 4.98 Å². The fourth-order valence-electron chi connectivity index (χ4n) is 2.48. The molecule has 0 aliphatic heterocycles. The van der Waals surface area contributed by atoms with Gasteiger partial charge in [-0.15, -0.1) is 0 Å². The molecule has 0 amide bonds. The Hall–Kier alpha value is -2.61. The third-order valence-corrected chi connectivity index (χ3v) is 4.92. The molecule has 3 aromatic rings. The smallest absolute Gasteiger partial charge is 0.385 e. The van der Waals surface area contributed by atoms with Crippen LogP contribution in [0.25, 0.3) is 10.8 Å². The quantitative estimate of drug-likeness (QED) is 0.201. The van der Waals surface area contributed by atoms with E-state index in [1.807, 2.05) is 13.8 Å². The topological polar surface area (TPSA) is 161 Å². The summed E-state index contributed by atoms with van der Waals surface area (Å²) in [5, 5.41) is 1.55. The highest BCUT2D eigenvalue weighted by molar-refractivity contribution is 7.79. The summed E-state index contributed by atoms with van der Waals surface area (Å²) in [6.07, 6.45) is 1.23. The molecule has 1 unspecified atom stereocenters. The van der Waals surface area contributed by atoms with Crippen LogP contribution in [-0.2, 0) is 21.7 Å². The maximum absolute atomic E-state index is 13.1. The number of rotatable bonds is 5. The van der Waals surface area contributed by atoms with Crippen LogP contribution in [0.5, 0.6) is 0 Å². The van der Waals surface area contributed by atoms with Crippen molar-refractivity contribution in [1.29, 1.82) is 0 Å². The van der Waals surface area contributed by atoms with E-state index >= 15 is 0 Å². The molecule has 35 heavy (non-hydrogen) atoms.